The molecule has 0 aromatic heterocycles. The maximum atomic E-state index is 11.4. The Bertz CT molecular complexity index is 406. The van der Waals surface area contributed by atoms with Crippen LogP contribution in [0, 0.1) is 4.91 Å². The van der Waals surface area contributed by atoms with Crippen molar-refractivity contribution in [3.63, 3.8) is 0 Å². The van der Waals surface area contributed by atoms with Crippen LogP contribution in [0.25, 0.3) is 0 Å². The van der Waals surface area contributed by atoms with E-state index >= 15 is 0 Å². The molecule has 1 aromatic rings. The molecule has 0 aliphatic rings. The van der Waals surface area contributed by atoms with Crippen LogP contribution in [0.5, 0.6) is 5.75 Å². The van der Waals surface area contributed by atoms with Gasteiger partial charge in [-0.05, 0) is 24.0 Å². The van der Waals surface area contributed by atoms with Crippen molar-refractivity contribution in [3.05, 3.63) is 34.7 Å². The second-order valence-electron chi connectivity index (χ2n) is 3.82. The molecule has 1 atom stereocenters. The van der Waals surface area contributed by atoms with E-state index in [1.165, 1.54) is 7.05 Å². The molecule has 17 heavy (non-hydrogen) atoms. The van der Waals surface area contributed by atoms with E-state index < -0.39 is 6.09 Å². The first-order valence-electron chi connectivity index (χ1n) is 5.47. The van der Waals surface area contributed by atoms with Crippen molar-refractivity contribution < 1.29 is 9.53 Å². The molecule has 0 spiro atoms. The zero-order chi connectivity index (χ0) is 12.8. The molecule has 1 aromatic carbocycles. The Morgan fingerprint density at radius 2 is 2.12 bits per heavy atom. The molecular weight excluding hydrogens is 220 g/mol. The number of carbonyl (C=O) groups is 1. The van der Waals surface area contributed by atoms with E-state index in [9.17, 15) is 9.70 Å². The SMILES string of the molecule is CCC(C)c1ccccc1OC(=O)N(C)N=O. The summed E-state index contributed by atoms with van der Waals surface area (Å²) in [5.41, 5.74) is 0.947. The van der Waals surface area contributed by atoms with Gasteiger partial charge < -0.3 is 4.74 Å². The highest BCUT2D eigenvalue weighted by Gasteiger charge is 2.15. The summed E-state index contributed by atoms with van der Waals surface area (Å²) in [7, 11) is 1.25. The largest absolute Gasteiger partial charge is 0.438 e. The van der Waals surface area contributed by atoms with Gasteiger partial charge in [-0.15, -0.1) is 4.91 Å². The molecule has 0 saturated heterocycles. The van der Waals surface area contributed by atoms with Crippen LogP contribution in [0.15, 0.2) is 29.6 Å². The summed E-state index contributed by atoms with van der Waals surface area (Å²) in [5.74, 6) is 0.760. The summed E-state index contributed by atoms with van der Waals surface area (Å²) in [5, 5.41) is 3.11. The summed E-state index contributed by atoms with van der Waals surface area (Å²) in [6.07, 6.45) is 0.159. The van der Waals surface area contributed by atoms with Crippen molar-refractivity contribution in [3.8, 4) is 5.75 Å². The summed E-state index contributed by atoms with van der Waals surface area (Å²) in [6.45, 7) is 4.11. The predicted molar refractivity (Wildman–Crippen MR) is 64.7 cm³/mol. The van der Waals surface area contributed by atoms with Crippen molar-refractivity contribution in [1.29, 1.82) is 0 Å². The van der Waals surface area contributed by atoms with Crippen LogP contribution in [0.4, 0.5) is 4.79 Å². The lowest BCUT2D eigenvalue weighted by molar-refractivity contribution is 0.163. The fourth-order valence-electron chi connectivity index (χ4n) is 1.39. The minimum atomic E-state index is -0.782. The lowest BCUT2D eigenvalue weighted by Gasteiger charge is -2.15. The topological polar surface area (TPSA) is 59.0 Å². The Morgan fingerprint density at radius 1 is 1.47 bits per heavy atom. The van der Waals surface area contributed by atoms with Crippen molar-refractivity contribution in [2.45, 2.75) is 26.2 Å². The molecular formula is C12H16N2O3. The highest BCUT2D eigenvalue weighted by molar-refractivity contribution is 5.70. The van der Waals surface area contributed by atoms with E-state index in [1.54, 1.807) is 12.1 Å². The number of amides is 1. The van der Waals surface area contributed by atoms with E-state index in [4.69, 9.17) is 4.74 Å². The molecule has 0 saturated carbocycles. The first-order valence-corrected chi connectivity index (χ1v) is 5.47. The van der Waals surface area contributed by atoms with Crippen LogP contribution in [0.2, 0.25) is 0 Å². The van der Waals surface area contributed by atoms with Crippen LogP contribution in [0.1, 0.15) is 31.7 Å². The third kappa shape index (κ3) is 3.27. The molecule has 5 nitrogen and oxygen atoms in total. The molecule has 92 valence electrons. The Morgan fingerprint density at radius 3 is 2.71 bits per heavy atom. The van der Waals surface area contributed by atoms with E-state index in [-0.39, 0.29) is 5.92 Å². The van der Waals surface area contributed by atoms with E-state index in [0.29, 0.717) is 10.8 Å². The maximum absolute atomic E-state index is 11.4. The molecule has 0 aliphatic carbocycles. The Labute approximate surface area is 100 Å². The van der Waals surface area contributed by atoms with Crippen LogP contribution in [-0.4, -0.2) is 18.1 Å². The van der Waals surface area contributed by atoms with Gasteiger partial charge in [-0.25, -0.2) is 4.79 Å². The van der Waals surface area contributed by atoms with Crippen LogP contribution in [0.3, 0.4) is 0 Å². The third-order valence-corrected chi connectivity index (χ3v) is 2.65. The standard InChI is InChI=1S/C12H16N2O3/c1-4-9(2)10-7-5-6-8-11(10)17-12(15)14(3)13-16/h5-9H,4H2,1-3H3. The molecule has 1 amide bonds. The van der Waals surface area contributed by atoms with Gasteiger partial charge in [0.05, 0.1) is 5.29 Å². The highest BCUT2D eigenvalue weighted by Crippen LogP contribution is 2.28. The van der Waals surface area contributed by atoms with Crippen molar-refractivity contribution in [1.82, 2.24) is 5.01 Å². The van der Waals surface area contributed by atoms with Crippen molar-refractivity contribution in [2.24, 2.45) is 5.29 Å². The summed E-state index contributed by atoms with van der Waals surface area (Å²) in [4.78, 5) is 21.6. The van der Waals surface area contributed by atoms with Crippen LogP contribution in [-0.2, 0) is 0 Å². The zero-order valence-electron chi connectivity index (χ0n) is 10.2. The average Bonchev–Trinajstić information content (AvgIpc) is 2.37. The lowest BCUT2D eigenvalue weighted by Crippen LogP contribution is -2.24. The van der Waals surface area contributed by atoms with Gasteiger partial charge in [0.1, 0.15) is 5.75 Å². The number of hydrogen-bond donors (Lipinski definition) is 0. The van der Waals surface area contributed by atoms with Gasteiger partial charge in [0.15, 0.2) is 0 Å². The molecule has 0 N–H and O–H groups in total. The number of ether oxygens (including phenoxy) is 1. The second-order valence-corrected chi connectivity index (χ2v) is 3.82. The van der Waals surface area contributed by atoms with E-state index in [0.717, 1.165) is 12.0 Å². The lowest BCUT2D eigenvalue weighted by atomic mass is 9.98. The van der Waals surface area contributed by atoms with Crippen LogP contribution < -0.4 is 4.74 Å². The van der Waals surface area contributed by atoms with E-state index in [2.05, 4.69) is 12.2 Å². The normalized spacial score (nSPS) is 11.7. The average molecular weight is 236 g/mol. The third-order valence-electron chi connectivity index (χ3n) is 2.65. The fraction of sp³-hybridized carbons (Fsp3) is 0.417. The fourth-order valence-corrected chi connectivity index (χ4v) is 1.39. The quantitative estimate of drug-likeness (QED) is 0.595. The Kier molecular flexibility index (Phi) is 4.63. The number of nitrogens with zero attached hydrogens (tertiary/aromatic N) is 2. The first kappa shape index (κ1) is 13.2. The van der Waals surface area contributed by atoms with Crippen molar-refractivity contribution in [2.75, 3.05) is 7.05 Å². The molecule has 0 bridgehead atoms. The number of hydrogen-bond acceptors (Lipinski definition) is 4. The van der Waals surface area contributed by atoms with Crippen LogP contribution >= 0.6 is 0 Å². The van der Waals surface area contributed by atoms with Gasteiger partial charge in [-0.2, -0.15) is 5.01 Å². The maximum Gasteiger partial charge on any atom is 0.438 e. The van der Waals surface area contributed by atoms with Gasteiger partial charge in [-0.3, -0.25) is 0 Å². The van der Waals surface area contributed by atoms with Gasteiger partial charge in [0, 0.05) is 7.05 Å². The number of nitroso groups, excluding NO2 is 1. The zero-order valence-corrected chi connectivity index (χ0v) is 10.2. The monoisotopic (exact) mass is 236 g/mol. The second kappa shape index (κ2) is 5.98. The van der Waals surface area contributed by atoms with Gasteiger partial charge in [0.25, 0.3) is 0 Å². The smallest absolute Gasteiger partial charge is 0.409 e. The minimum Gasteiger partial charge on any atom is -0.409 e. The molecule has 0 heterocycles. The molecule has 1 unspecified atom stereocenters. The molecule has 0 aliphatic heterocycles. The molecule has 0 radical (unpaired) electrons. The molecule has 0 fully saturated rings. The number of benzene rings is 1. The number of para-hydroxylation sites is 1. The summed E-state index contributed by atoms with van der Waals surface area (Å²) in [6, 6.07) is 7.28. The Hall–Kier alpha value is -1.91. The minimum absolute atomic E-state index is 0.286. The van der Waals surface area contributed by atoms with Gasteiger partial charge in [-0.1, -0.05) is 32.0 Å². The molecule has 1 rings (SSSR count). The number of carbonyl (C=O) groups excluding carboxylic acids is 1. The number of rotatable bonds is 4. The highest BCUT2D eigenvalue weighted by atomic mass is 16.6. The summed E-state index contributed by atoms with van der Waals surface area (Å²) < 4.78 is 5.11. The van der Waals surface area contributed by atoms with E-state index in [1.807, 2.05) is 19.1 Å². The Balaban J connectivity index is 2.90. The van der Waals surface area contributed by atoms with Gasteiger partial charge in [0.2, 0.25) is 0 Å². The van der Waals surface area contributed by atoms with Crippen molar-refractivity contribution >= 4 is 6.09 Å². The summed E-state index contributed by atoms with van der Waals surface area (Å²) >= 11 is 0. The van der Waals surface area contributed by atoms with Gasteiger partial charge >= 0.3 is 6.09 Å². The first-order chi connectivity index (χ1) is 8.10. The predicted octanol–water partition coefficient (Wildman–Crippen LogP) is 3.31. The molecule has 5 heteroatoms.